The van der Waals surface area contributed by atoms with Crippen molar-refractivity contribution in [1.82, 2.24) is 4.98 Å². The molecule has 0 saturated heterocycles. The number of aryl methyl sites for hydroxylation is 2. The molecule has 2 aromatic carbocycles. The molecule has 144 valence electrons. The number of anilines is 2. The predicted molar refractivity (Wildman–Crippen MR) is 114 cm³/mol. The Morgan fingerprint density at radius 2 is 1.68 bits per heavy atom. The number of benzene rings is 2. The first-order valence-corrected chi connectivity index (χ1v) is 9.36. The average molecular weight is 374 g/mol. The molecular weight excluding hydrogens is 348 g/mol. The maximum atomic E-state index is 12.7. The topological polar surface area (TPSA) is 51.2 Å². The number of aromatic nitrogens is 1. The lowest BCUT2D eigenvalue weighted by atomic mass is 10.1. The monoisotopic (exact) mass is 374 g/mol. The second-order valence-electron chi connectivity index (χ2n) is 7.88. The van der Waals surface area contributed by atoms with Gasteiger partial charge >= 0.3 is 5.97 Å². The van der Waals surface area contributed by atoms with Crippen molar-refractivity contribution in [3.63, 3.8) is 0 Å². The Labute approximate surface area is 166 Å². The van der Waals surface area contributed by atoms with Gasteiger partial charge in [0, 0.05) is 5.56 Å². The second kappa shape index (κ2) is 7.85. The molecule has 0 radical (unpaired) electrons. The van der Waals surface area contributed by atoms with E-state index in [9.17, 15) is 4.79 Å². The highest BCUT2D eigenvalue weighted by molar-refractivity contribution is 5.97. The van der Waals surface area contributed by atoms with Crippen LogP contribution in [-0.4, -0.2) is 16.6 Å². The summed E-state index contributed by atoms with van der Waals surface area (Å²) >= 11 is 0. The third kappa shape index (κ3) is 4.58. The van der Waals surface area contributed by atoms with Crippen LogP contribution in [0.3, 0.4) is 0 Å². The van der Waals surface area contributed by atoms with E-state index in [1.54, 1.807) is 12.3 Å². The van der Waals surface area contributed by atoms with Crippen LogP contribution in [-0.2, 0) is 4.74 Å². The molecule has 0 saturated carbocycles. The minimum Gasteiger partial charge on any atom is -0.456 e. The number of rotatable bonds is 4. The maximum absolute atomic E-state index is 12.7. The Balaban J connectivity index is 1.92. The lowest BCUT2D eigenvalue weighted by molar-refractivity contribution is 0.00706. The number of nitrogens with one attached hydrogen (secondary N) is 1. The first-order chi connectivity index (χ1) is 13.2. The van der Waals surface area contributed by atoms with Crippen LogP contribution in [0.1, 0.15) is 42.3 Å². The lowest BCUT2D eigenvalue weighted by Crippen LogP contribution is -2.24. The minimum absolute atomic E-state index is 0.343. The van der Waals surface area contributed by atoms with Crippen molar-refractivity contribution in [2.45, 2.75) is 40.2 Å². The van der Waals surface area contributed by atoms with Crippen molar-refractivity contribution in [3.05, 3.63) is 77.5 Å². The van der Waals surface area contributed by atoms with Crippen molar-refractivity contribution in [2.24, 2.45) is 0 Å². The molecule has 1 aromatic heterocycles. The number of esters is 1. The molecule has 0 bridgehead atoms. The zero-order valence-corrected chi connectivity index (χ0v) is 17.0. The standard InChI is InChI=1S/C24H26N2O2/c1-16-10-9-13-20(23(27)28-24(3,4)5)22(16)26-19-14-17(2)21(25-15-19)18-11-7-6-8-12-18/h6-15,26H,1-5H3. The predicted octanol–water partition coefficient (Wildman–Crippen LogP) is 6.06. The third-order valence-electron chi connectivity index (χ3n) is 4.29. The summed E-state index contributed by atoms with van der Waals surface area (Å²) in [5.74, 6) is -0.343. The summed E-state index contributed by atoms with van der Waals surface area (Å²) in [7, 11) is 0. The van der Waals surface area contributed by atoms with Gasteiger partial charge in [-0.15, -0.1) is 0 Å². The van der Waals surface area contributed by atoms with Gasteiger partial charge in [0.05, 0.1) is 28.8 Å². The van der Waals surface area contributed by atoms with E-state index in [0.29, 0.717) is 5.56 Å². The number of carbonyl (C=O) groups is 1. The average Bonchev–Trinajstić information content (AvgIpc) is 2.63. The van der Waals surface area contributed by atoms with Crippen LogP contribution in [0.5, 0.6) is 0 Å². The molecule has 3 rings (SSSR count). The molecule has 4 nitrogen and oxygen atoms in total. The van der Waals surface area contributed by atoms with Crippen LogP contribution < -0.4 is 5.32 Å². The third-order valence-corrected chi connectivity index (χ3v) is 4.29. The van der Waals surface area contributed by atoms with Gasteiger partial charge in [0.25, 0.3) is 0 Å². The van der Waals surface area contributed by atoms with Gasteiger partial charge in [-0.2, -0.15) is 0 Å². The van der Waals surface area contributed by atoms with Gasteiger partial charge in [0.2, 0.25) is 0 Å². The zero-order valence-electron chi connectivity index (χ0n) is 17.0. The largest absolute Gasteiger partial charge is 0.456 e. The molecule has 4 heteroatoms. The minimum atomic E-state index is -0.548. The number of carbonyl (C=O) groups excluding carboxylic acids is 1. The molecule has 1 heterocycles. The van der Waals surface area contributed by atoms with E-state index in [1.807, 2.05) is 83.1 Å². The van der Waals surface area contributed by atoms with E-state index < -0.39 is 5.60 Å². The Morgan fingerprint density at radius 1 is 0.964 bits per heavy atom. The molecule has 0 atom stereocenters. The SMILES string of the molecule is Cc1cc(Nc2c(C)cccc2C(=O)OC(C)(C)C)cnc1-c1ccccc1. The number of hydrogen-bond acceptors (Lipinski definition) is 4. The first kappa shape index (κ1) is 19.6. The Morgan fingerprint density at radius 3 is 2.32 bits per heavy atom. The van der Waals surface area contributed by atoms with E-state index in [0.717, 1.165) is 33.8 Å². The van der Waals surface area contributed by atoms with Gasteiger partial charge in [-0.25, -0.2) is 4.79 Å². The molecule has 28 heavy (non-hydrogen) atoms. The summed E-state index contributed by atoms with van der Waals surface area (Å²) < 4.78 is 5.56. The fourth-order valence-corrected chi connectivity index (χ4v) is 3.02. The zero-order chi connectivity index (χ0) is 20.3. The maximum Gasteiger partial charge on any atom is 0.340 e. The van der Waals surface area contributed by atoms with E-state index in [2.05, 4.69) is 10.3 Å². The molecule has 0 aliphatic rings. The Bertz CT molecular complexity index is 989. The fraction of sp³-hybridized carbons (Fsp3) is 0.250. The summed E-state index contributed by atoms with van der Waals surface area (Å²) in [5, 5.41) is 3.36. The van der Waals surface area contributed by atoms with Crippen LogP contribution in [0.2, 0.25) is 0 Å². The summed E-state index contributed by atoms with van der Waals surface area (Å²) in [4.78, 5) is 17.3. The van der Waals surface area contributed by atoms with Crippen LogP contribution in [0.25, 0.3) is 11.3 Å². The van der Waals surface area contributed by atoms with Gasteiger partial charge in [-0.05, 0) is 57.9 Å². The van der Waals surface area contributed by atoms with E-state index in [1.165, 1.54) is 0 Å². The highest BCUT2D eigenvalue weighted by atomic mass is 16.6. The van der Waals surface area contributed by atoms with Gasteiger partial charge in [0.15, 0.2) is 0 Å². The molecule has 0 fully saturated rings. The molecule has 1 N–H and O–H groups in total. The number of ether oxygens (including phenoxy) is 1. The van der Waals surface area contributed by atoms with Crippen LogP contribution in [0.15, 0.2) is 60.8 Å². The first-order valence-electron chi connectivity index (χ1n) is 9.36. The van der Waals surface area contributed by atoms with Gasteiger partial charge in [0.1, 0.15) is 5.60 Å². The van der Waals surface area contributed by atoms with Gasteiger partial charge in [-0.1, -0.05) is 42.5 Å². The smallest absolute Gasteiger partial charge is 0.340 e. The number of hydrogen-bond donors (Lipinski definition) is 1. The van der Waals surface area contributed by atoms with Crippen LogP contribution in [0, 0.1) is 13.8 Å². The fourth-order valence-electron chi connectivity index (χ4n) is 3.02. The number of para-hydroxylation sites is 1. The normalized spacial score (nSPS) is 11.2. The van der Waals surface area contributed by atoms with Gasteiger partial charge < -0.3 is 10.1 Å². The van der Waals surface area contributed by atoms with Crippen molar-refractivity contribution in [2.75, 3.05) is 5.32 Å². The lowest BCUT2D eigenvalue weighted by Gasteiger charge is -2.21. The molecular formula is C24H26N2O2. The van der Waals surface area contributed by atoms with Crippen molar-refractivity contribution >= 4 is 17.3 Å². The van der Waals surface area contributed by atoms with E-state index >= 15 is 0 Å². The molecule has 0 amide bonds. The van der Waals surface area contributed by atoms with Crippen LogP contribution >= 0.6 is 0 Å². The molecule has 0 aliphatic carbocycles. The van der Waals surface area contributed by atoms with Crippen LogP contribution in [0.4, 0.5) is 11.4 Å². The summed E-state index contributed by atoms with van der Waals surface area (Å²) in [6, 6.07) is 17.7. The van der Waals surface area contributed by atoms with E-state index in [-0.39, 0.29) is 5.97 Å². The van der Waals surface area contributed by atoms with Crippen molar-refractivity contribution < 1.29 is 9.53 Å². The van der Waals surface area contributed by atoms with Crippen molar-refractivity contribution in [1.29, 1.82) is 0 Å². The highest BCUT2D eigenvalue weighted by Gasteiger charge is 2.21. The second-order valence-corrected chi connectivity index (χ2v) is 7.88. The Kier molecular flexibility index (Phi) is 5.50. The summed E-state index contributed by atoms with van der Waals surface area (Å²) in [6.45, 7) is 9.60. The number of pyridine rings is 1. The van der Waals surface area contributed by atoms with E-state index in [4.69, 9.17) is 4.74 Å². The molecule has 0 spiro atoms. The molecule has 0 aliphatic heterocycles. The molecule has 0 unspecified atom stereocenters. The summed E-state index contributed by atoms with van der Waals surface area (Å²) in [5.41, 5.74) is 5.59. The quantitative estimate of drug-likeness (QED) is 0.564. The number of nitrogens with zero attached hydrogens (tertiary/aromatic N) is 1. The molecule has 3 aromatic rings. The van der Waals surface area contributed by atoms with Gasteiger partial charge in [-0.3, -0.25) is 4.98 Å². The van der Waals surface area contributed by atoms with Crippen molar-refractivity contribution in [3.8, 4) is 11.3 Å². The Hall–Kier alpha value is -3.14. The highest BCUT2D eigenvalue weighted by Crippen LogP contribution is 2.29. The summed E-state index contributed by atoms with van der Waals surface area (Å²) in [6.07, 6.45) is 1.79.